The van der Waals surface area contributed by atoms with Crippen LogP contribution in [-0.4, -0.2) is 26.8 Å². The van der Waals surface area contributed by atoms with Gasteiger partial charge in [-0.15, -0.1) is 21.5 Å². The zero-order valence-electron chi connectivity index (χ0n) is 11.6. The molecule has 3 aromatic rings. The van der Waals surface area contributed by atoms with E-state index in [1.807, 2.05) is 31.2 Å². The number of amides is 1. The number of carbonyl (C=O) groups is 1. The predicted molar refractivity (Wildman–Crippen MR) is 85.9 cm³/mol. The maximum Gasteiger partial charge on any atom is 0.277 e. The van der Waals surface area contributed by atoms with Gasteiger partial charge in [0, 0.05) is 17.1 Å². The first-order valence-electron chi connectivity index (χ1n) is 6.43. The molecule has 2 heterocycles. The monoisotopic (exact) mass is 332 g/mol. The van der Waals surface area contributed by atoms with Gasteiger partial charge in [0.15, 0.2) is 5.13 Å². The van der Waals surface area contributed by atoms with Crippen LogP contribution in [0.2, 0.25) is 0 Å². The summed E-state index contributed by atoms with van der Waals surface area (Å²) in [5, 5.41) is 13.4. The van der Waals surface area contributed by atoms with Crippen molar-refractivity contribution in [2.45, 2.75) is 12.1 Å². The number of hydrogen-bond donors (Lipinski definition) is 1. The number of nitrogens with zero attached hydrogens (tertiary/aromatic N) is 3. The average molecular weight is 332 g/mol. The fourth-order valence-electron chi connectivity index (χ4n) is 1.73. The molecule has 1 aromatic carbocycles. The number of anilines is 1. The normalized spacial score (nSPS) is 10.6. The smallest absolute Gasteiger partial charge is 0.277 e. The van der Waals surface area contributed by atoms with Crippen LogP contribution in [0.15, 0.2) is 45.5 Å². The zero-order chi connectivity index (χ0) is 15.4. The van der Waals surface area contributed by atoms with Crippen molar-refractivity contribution >= 4 is 34.1 Å². The highest BCUT2D eigenvalue weighted by atomic mass is 32.2. The van der Waals surface area contributed by atoms with Gasteiger partial charge in [-0.05, 0) is 19.1 Å². The van der Waals surface area contributed by atoms with Crippen LogP contribution in [0.4, 0.5) is 5.13 Å². The standard InChI is InChI=1S/C14H12N4O2S2/c1-9-3-2-4-10(7-9)12-17-18-14(20-12)22-8-11(19)16-13-15-5-6-21-13/h2-7H,8H2,1H3,(H,15,16,19). The number of carbonyl (C=O) groups excluding carboxylic acids is 1. The van der Waals surface area contributed by atoms with Crippen LogP contribution in [0.1, 0.15) is 5.56 Å². The molecule has 0 aliphatic rings. The molecule has 0 fully saturated rings. The summed E-state index contributed by atoms with van der Waals surface area (Å²) in [7, 11) is 0. The Hall–Kier alpha value is -2.19. The van der Waals surface area contributed by atoms with E-state index in [0.29, 0.717) is 16.2 Å². The fourth-order valence-corrected chi connectivity index (χ4v) is 2.84. The van der Waals surface area contributed by atoms with Crippen molar-refractivity contribution < 1.29 is 9.21 Å². The second-order valence-electron chi connectivity index (χ2n) is 4.42. The summed E-state index contributed by atoms with van der Waals surface area (Å²) in [6.07, 6.45) is 1.64. The largest absolute Gasteiger partial charge is 0.411 e. The summed E-state index contributed by atoms with van der Waals surface area (Å²) in [5.41, 5.74) is 1.99. The van der Waals surface area contributed by atoms with Crippen molar-refractivity contribution in [3.63, 3.8) is 0 Å². The third-order valence-electron chi connectivity index (χ3n) is 2.68. The van der Waals surface area contributed by atoms with Gasteiger partial charge < -0.3 is 9.73 Å². The molecule has 0 saturated heterocycles. The van der Waals surface area contributed by atoms with Crippen LogP contribution >= 0.6 is 23.1 Å². The third-order valence-corrected chi connectivity index (χ3v) is 4.18. The Morgan fingerprint density at radius 3 is 3.09 bits per heavy atom. The molecule has 1 N–H and O–H groups in total. The summed E-state index contributed by atoms with van der Waals surface area (Å²) in [5.74, 6) is 0.483. The third kappa shape index (κ3) is 3.71. The van der Waals surface area contributed by atoms with E-state index in [4.69, 9.17) is 4.42 Å². The van der Waals surface area contributed by atoms with E-state index in [0.717, 1.165) is 11.1 Å². The Morgan fingerprint density at radius 2 is 2.32 bits per heavy atom. The van der Waals surface area contributed by atoms with E-state index in [2.05, 4.69) is 20.5 Å². The molecule has 0 atom stereocenters. The Morgan fingerprint density at radius 1 is 1.41 bits per heavy atom. The van der Waals surface area contributed by atoms with Crippen LogP contribution in [0.25, 0.3) is 11.5 Å². The van der Waals surface area contributed by atoms with E-state index < -0.39 is 0 Å². The van der Waals surface area contributed by atoms with Gasteiger partial charge in [-0.2, -0.15) is 0 Å². The number of aromatic nitrogens is 3. The van der Waals surface area contributed by atoms with Crippen LogP contribution in [0, 0.1) is 6.92 Å². The molecule has 0 unspecified atom stereocenters. The minimum atomic E-state index is -0.157. The zero-order valence-corrected chi connectivity index (χ0v) is 13.3. The van der Waals surface area contributed by atoms with E-state index in [1.165, 1.54) is 23.1 Å². The highest BCUT2D eigenvalue weighted by Crippen LogP contribution is 2.23. The van der Waals surface area contributed by atoms with E-state index in [1.54, 1.807) is 11.6 Å². The molecule has 0 radical (unpaired) electrons. The Balaban J connectivity index is 1.59. The predicted octanol–water partition coefficient (Wildman–Crippen LogP) is 3.23. The summed E-state index contributed by atoms with van der Waals surface area (Å²) in [6.45, 7) is 2.00. The van der Waals surface area contributed by atoms with Gasteiger partial charge >= 0.3 is 0 Å². The van der Waals surface area contributed by atoms with Crippen LogP contribution < -0.4 is 5.32 Å². The van der Waals surface area contributed by atoms with E-state index in [9.17, 15) is 4.79 Å². The minimum absolute atomic E-state index is 0.157. The maximum absolute atomic E-state index is 11.8. The van der Waals surface area contributed by atoms with E-state index in [-0.39, 0.29) is 11.7 Å². The summed E-state index contributed by atoms with van der Waals surface area (Å²) >= 11 is 2.57. The minimum Gasteiger partial charge on any atom is -0.411 e. The van der Waals surface area contributed by atoms with Crippen molar-refractivity contribution in [3.8, 4) is 11.5 Å². The van der Waals surface area contributed by atoms with Crippen molar-refractivity contribution in [3.05, 3.63) is 41.4 Å². The van der Waals surface area contributed by atoms with Gasteiger partial charge in [-0.25, -0.2) is 4.98 Å². The quantitative estimate of drug-likeness (QED) is 0.723. The number of nitrogens with one attached hydrogen (secondary N) is 1. The molecule has 6 nitrogen and oxygen atoms in total. The van der Waals surface area contributed by atoms with E-state index >= 15 is 0 Å². The molecule has 0 saturated carbocycles. The van der Waals surface area contributed by atoms with Crippen molar-refractivity contribution in [2.75, 3.05) is 11.1 Å². The summed E-state index contributed by atoms with van der Waals surface area (Å²) < 4.78 is 5.56. The number of benzene rings is 1. The molecule has 0 spiro atoms. The first kappa shape index (κ1) is 14.7. The molecule has 1 amide bonds. The lowest BCUT2D eigenvalue weighted by Gasteiger charge is -1.98. The van der Waals surface area contributed by atoms with Gasteiger partial charge in [0.2, 0.25) is 11.8 Å². The lowest BCUT2D eigenvalue weighted by molar-refractivity contribution is -0.113. The fraction of sp³-hybridized carbons (Fsp3) is 0.143. The Kier molecular flexibility index (Phi) is 4.50. The van der Waals surface area contributed by atoms with Gasteiger partial charge in [0.25, 0.3) is 5.22 Å². The van der Waals surface area contributed by atoms with Gasteiger partial charge in [0.05, 0.1) is 5.75 Å². The summed E-state index contributed by atoms with van der Waals surface area (Å²) in [4.78, 5) is 15.7. The maximum atomic E-state index is 11.8. The van der Waals surface area contributed by atoms with Crippen LogP contribution in [0.5, 0.6) is 0 Å². The molecule has 112 valence electrons. The number of thiazole rings is 1. The lowest BCUT2D eigenvalue weighted by atomic mass is 10.1. The second-order valence-corrected chi connectivity index (χ2v) is 6.24. The number of thioether (sulfide) groups is 1. The van der Waals surface area contributed by atoms with Gasteiger partial charge in [-0.1, -0.05) is 29.5 Å². The number of rotatable bonds is 5. The molecule has 8 heteroatoms. The van der Waals surface area contributed by atoms with Crippen molar-refractivity contribution in [1.29, 1.82) is 0 Å². The summed E-state index contributed by atoms with van der Waals surface area (Å²) in [6, 6.07) is 7.81. The molecule has 0 aliphatic carbocycles. The number of hydrogen-bond acceptors (Lipinski definition) is 7. The average Bonchev–Trinajstić information content (AvgIpc) is 3.16. The molecular weight excluding hydrogens is 320 g/mol. The Labute approximate surface area is 135 Å². The van der Waals surface area contributed by atoms with Crippen molar-refractivity contribution in [1.82, 2.24) is 15.2 Å². The first-order valence-corrected chi connectivity index (χ1v) is 8.30. The highest BCUT2D eigenvalue weighted by molar-refractivity contribution is 7.99. The number of aryl methyl sites for hydroxylation is 1. The topological polar surface area (TPSA) is 80.9 Å². The Bertz CT molecular complexity index is 771. The lowest BCUT2D eigenvalue weighted by Crippen LogP contribution is -2.13. The van der Waals surface area contributed by atoms with Crippen molar-refractivity contribution in [2.24, 2.45) is 0 Å². The molecule has 3 rings (SSSR count). The molecule has 22 heavy (non-hydrogen) atoms. The molecular formula is C14H12N4O2S2. The molecule has 0 bridgehead atoms. The molecule has 2 aromatic heterocycles. The highest BCUT2D eigenvalue weighted by Gasteiger charge is 2.11. The van der Waals surface area contributed by atoms with Crippen LogP contribution in [0.3, 0.4) is 0 Å². The molecule has 0 aliphatic heterocycles. The van der Waals surface area contributed by atoms with Gasteiger partial charge in [-0.3, -0.25) is 4.79 Å². The first-order chi connectivity index (χ1) is 10.7. The second kappa shape index (κ2) is 6.71. The van der Waals surface area contributed by atoms with Gasteiger partial charge in [0.1, 0.15) is 0 Å². The SMILES string of the molecule is Cc1cccc(-c2nnc(SCC(=O)Nc3nccs3)o2)c1. The van der Waals surface area contributed by atoms with Crippen LogP contribution in [-0.2, 0) is 4.79 Å².